The molecule has 1 fully saturated rings. The minimum atomic E-state index is -0.286. The van der Waals surface area contributed by atoms with Gasteiger partial charge < -0.3 is 9.80 Å². The highest BCUT2D eigenvalue weighted by Crippen LogP contribution is 2.12. The molecule has 0 radical (unpaired) electrons. The van der Waals surface area contributed by atoms with Gasteiger partial charge in [-0.25, -0.2) is 0 Å². The lowest BCUT2D eigenvalue weighted by Crippen LogP contribution is -2.58. The Kier molecular flexibility index (Phi) is 4.08. The van der Waals surface area contributed by atoms with Crippen LogP contribution < -0.4 is 0 Å². The van der Waals surface area contributed by atoms with Crippen molar-refractivity contribution in [1.82, 2.24) is 24.5 Å². The van der Waals surface area contributed by atoms with Crippen molar-refractivity contribution in [3.63, 3.8) is 0 Å². The molecule has 0 saturated carbocycles. The van der Waals surface area contributed by atoms with Crippen LogP contribution in [-0.4, -0.2) is 83.1 Å². The molecule has 110 valence electrons. The van der Waals surface area contributed by atoms with E-state index in [0.29, 0.717) is 25.3 Å². The van der Waals surface area contributed by atoms with E-state index in [-0.39, 0.29) is 17.9 Å². The third-order valence-corrected chi connectivity index (χ3v) is 3.59. The third-order valence-electron chi connectivity index (χ3n) is 3.59. The van der Waals surface area contributed by atoms with Gasteiger partial charge in [-0.2, -0.15) is 5.10 Å². The standard InChI is InChI=1S/C13H21N5O2/c1-15(2)13(20)11-9-18(8-7-16(11)3)12(19)10-5-6-17(4)14-10/h5-6,11H,7-9H2,1-4H3/t11-/m0/s1. The molecule has 0 bridgehead atoms. The maximum Gasteiger partial charge on any atom is 0.274 e. The average Bonchev–Trinajstić information content (AvgIpc) is 2.84. The highest BCUT2D eigenvalue weighted by atomic mass is 16.2. The molecule has 1 aromatic heterocycles. The number of likely N-dealkylation sites (N-methyl/N-ethyl adjacent to an activating group) is 2. The van der Waals surface area contributed by atoms with Crippen LogP contribution in [0, 0.1) is 0 Å². The van der Waals surface area contributed by atoms with Crippen molar-refractivity contribution in [3.05, 3.63) is 18.0 Å². The number of carbonyl (C=O) groups excluding carboxylic acids is 2. The van der Waals surface area contributed by atoms with Crippen LogP contribution in [0.2, 0.25) is 0 Å². The Morgan fingerprint density at radius 3 is 2.55 bits per heavy atom. The van der Waals surface area contributed by atoms with E-state index in [1.165, 1.54) is 0 Å². The second-order valence-corrected chi connectivity index (χ2v) is 5.35. The lowest BCUT2D eigenvalue weighted by atomic mass is 10.1. The Morgan fingerprint density at radius 2 is 2.00 bits per heavy atom. The molecule has 1 aliphatic heterocycles. The van der Waals surface area contributed by atoms with E-state index in [4.69, 9.17) is 0 Å². The summed E-state index contributed by atoms with van der Waals surface area (Å²) in [5.41, 5.74) is 0.424. The largest absolute Gasteiger partial charge is 0.347 e. The molecule has 0 N–H and O–H groups in total. The number of amides is 2. The minimum absolute atomic E-state index is 0.0195. The van der Waals surface area contributed by atoms with Gasteiger partial charge in [0, 0.05) is 47.0 Å². The summed E-state index contributed by atoms with van der Waals surface area (Å²) < 4.78 is 1.60. The number of hydrogen-bond acceptors (Lipinski definition) is 4. The van der Waals surface area contributed by atoms with Gasteiger partial charge in [-0.3, -0.25) is 19.2 Å². The zero-order valence-electron chi connectivity index (χ0n) is 12.4. The summed E-state index contributed by atoms with van der Waals surface area (Å²) in [5, 5.41) is 4.13. The van der Waals surface area contributed by atoms with Crippen molar-refractivity contribution in [3.8, 4) is 0 Å². The molecule has 1 aromatic rings. The fourth-order valence-electron chi connectivity index (χ4n) is 2.31. The summed E-state index contributed by atoms with van der Waals surface area (Å²) >= 11 is 0. The van der Waals surface area contributed by atoms with Crippen LogP contribution in [0.25, 0.3) is 0 Å². The molecule has 0 aliphatic carbocycles. The maximum atomic E-state index is 12.4. The van der Waals surface area contributed by atoms with E-state index in [1.807, 2.05) is 11.9 Å². The van der Waals surface area contributed by atoms with E-state index < -0.39 is 0 Å². The predicted octanol–water partition coefficient (Wildman–Crippen LogP) is -0.735. The van der Waals surface area contributed by atoms with Gasteiger partial charge in [0.15, 0.2) is 0 Å². The van der Waals surface area contributed by atoms with Crippen LogP contribution in [0.4, 0.5) is 0 Å². The SMILES string of the molecule is CN(C)C(=O)[C@@H]1CN(C(=O)c2ccn(C)n2)CCN1C. The Hall–Kier alpha value is -1.89. The zero-order valence-corrected chi connectivity index (χ0v) is 12.4. The first-order valence-electron chi connectivity index (χ1n) is 6.60. The average molecular weight is 279 g/mol. The Balaban J connectivity index is 2.10. The fraction of sp³-hybridized carbons (Fsp3) is 0.615. The van der Waals surface area contributed by atoms with E-state index in [0.717, 1.165) is 0 Å². The van der Waals surface area contributed by atoms with Crippen LogP contribution in [0.1, 0.15) is 10.5 Å². The van der Waals surface area contributed by atoms with Gasteiger partial charge in [0.2, 0.25) is 5.91 Å². The molecule has 1 aliphatic rings. The van der Waals surface area contributed by atoms with E-state index in [9.17, 15) is 9.59 Å². The molecule has 7 nitrogen and oxygen atoms in total. The van der Waals surface area contributed by atoms with Gasteiger partial charge in [0.25, 0.3) is 5.91 Å². The maximum absolute atomic E-state index is 12.4. The summed E-state index contributed by atoms with van der Waals surface area (Å²) in [5.74, 6) is -0.0960. The first-order valence-corrected chi connectivity index (χ1v) is 6.60. The molecular formula is C13H21N5O2. The smallest absolute Gasteiger partial charge is 0.274 e. The molecule has 0 aromatic carbocycles. The van der Waals surface area contributed by atoms with Crippen molar-refractivity contribution in [1.29, 1.82) is 0 Å². The number of aromatic nitrogens is 2. The number of rotatable bonds is 2. The molecule has 2 heterocycles. The van der Waals surface area contributed by atoms with Gasteiger partial charge >= 0.3 is 0 Å². The lowest BCUT2D eigenvalue weighted by Gasteiger charge is -2.39. The van der Waals surface area contributed by atoms with Gasteiger partial charge in [-0.15, -0.1) is 0 Å². The molecule has 20 heavy (non-hydrogen) atoms. The Morgan fingerprint density at radius 1 is 1.30 bits per heavy atom. The molecule has 1 atom stereocenters. The first-order chi connectivity index (χ1) is 9.40. The summed E-state index contributed by atoms with van der Waals surface area (Å²) in [4.78, 5) is 29.8. The lowest BCUT2D eigenvalue weighted by molar-refractivity contribution is -0.135. The highest BCUT2D eigenvalue weighted by molar-refractivity contribution is 5.93. The van der Waals surface area contributed by atoms with E-state index >= 15 is 0 Å². The van der Waals surface area contributed by atoms with Crippen molar-refractivity contribution in [2.45, 2.75) is 6.04 Å². The van der Waals surface area contributed by atoms with Crippen LogP contribution >= 0.6 is 0 Å². The molecule has 0 spiro atoms. The second-order valence-electron chi connectivity index (χ2n) is 5.35. The van der Waals surface area contributed by atoms with Crippen molar-refractivity contribution in [2.24, 2.45) is 7.05 Å². The second kappa shape index (κ2) is 5.62. The van der Waals surface area contributed by atoms with Gasteiger partial charge in [0.1, 0.15) is 11.7 Å². The first kappa shape index (κ1) is 14.5. The number of aryl methyl sites for hydroxylation is 1. The van der Waals surface area contributed by atoms with Gasteiger partial charge in [-0.1, -0.05) is 0 Å². The van der Waals surface area contributed by atoms with Crippen LogP contribution in [0.3, 0.4) is 0 Å². The van der Waals surface area contributed by atoms with Crippen LogP contribution in [0.5, 0.6) is 0 Å². The Labute approximate surface area is 118 Å². The molecule has 1 saturated heterocycles. The molecule has 7 heteroatoms. The Bertz CT molecular complexity index is 511. The summed E-state index contributed by atoms with van der Waals surface area (Å²) in [7, 11) is 7.15. The molecule has 2 rings (SSSR count). The number of carbonyl (C=O) groups is 2. The van der Waals surface area contributed by atoms with E-state index in [2.05, 4.69) is 5.10 Å². The fourth-order valence-corrected chi connectivity index (χ4v) is 2.31. The minimum Gasteiger partial charge on any atom is -0.347 e. The third kappa shape index (κ3) is 2.82. The van der Waals surface area contributed by atoms with Gasteiger partial charge in [0.05, 0.1) is 0 Å². The van der Waals surface area contributed by atoms with Crippen LogP contribution in [-0.2, 0) is 11.8 Å². The predicted molar refractivity (Wildman–Crippen MR) is 74.2 cm³/mol. The zero-order chi connectivity index (χ0) is 14.9. The van der Waals surface area contributed by atoms with Crippen molar-refractivity contribution in [2.75, 3.05) is 40.8 Å². The number of nitrogens with zero attached hydrogens (tertiary/aromatic N) is 5. The summed E-state index contributed by atoms with van der Waals surface area (Å²) in [6, 6.07) is 1.41. The molecule has 0 unspecified atom stereocenters. The highest BCUT2D eigenvalue weighted by Gasteiger charge is 2.33. The molecular weight excluding hydrogens is 258 g/mol. The van der Waals surface area contributed by atoms with Crippen molar-refractivity contribution >= 4 is 11.8 Å². The monoisotopic (exact) mass is 279 g/mol. The topological polar surface area (TPSA) is 61.7 Å². The number of piperazine rings is 1. The normalized spacial score (nSPS) is 20.0. The molecule has 2 amide bonds. The summed E-state index contributed by atoms with van der Waals surface area (Å²) in [6.07, 6.45) is 1.74. The number of hydrogen-bond donors (Lipinski definition) is 0. The quantitative estimate of drug-likeness (QED) is 0.716. The van der Waals surface area contributed by atoms with Crippen LogP contribution in [0.15, 0.2) is 12.3 Å². The van der Waals surface area contributed by atoms with Gasteiger partial charge in [-0.05, 0) is 13.1 Å². The van der Waals surface area contributed by atoms with E-state index in [1.54, 1.807) is 47.9 Å². The summed E-state index contributed by atoms with van der Waals surface area (Å²) in [6.45, 7) is 1.70. The van der Waals surface area contributed by atoms with Crippen molar-refractivity contribution < 1.29 is 9.59 Å².